The van der Waals surface area contributed by atoms with Gasteiger partial charge in [0, 0.05) is 30.0 Å². The molecule has 0 heterocycles. The van der Waals surface area contributed by atoms with E-state index < -0.39 is 5.41 Å². The molecule has 0 aliphatic heterocycles. The van der Waals surface area contributed by atoms with E-state index >= 15 is 0 Å². The summed E-state index contributed by atoms with van der Waals surface area (Å²) >= 11 is 0. The van der Waals surface area contributed by atoms with E-state index in [0.717, 1.165) is 41.6 Å². The van der Waals surface area contributed by atoms with Gasteiger partial charge in [0.1, 0.15) is 5.78 Å². The van der Waals surface area contributed by atoms with Crippen LogP contribution in [0.2, 0.25) is 0 Å². The lowest BCUT2D eigenvalue weighted by Crippen LogP contribution is -2.29. The number of carbonyl (C=O) groups is 3. The number of carbonyl (C=O) groups excluding carboxylic acids is 3. The number of ketones is 2. The molecule has 1 aliphatic carbocycles. The van der Waals surface area contributed by atoms with Crippen molar-refractivity contribution in [3.8, 4) is 0 Å². The molecule has 1 atom stereocenters. The van der Waals surface area contributed by atoms with Crippen molar-refractivity contribution in [3.63, 3.8) is 0 Å². The van der Waals surface area contributed by atoms with Gasteiger partial charge in [-0.2, -0.15) is 0 Å². The molecule has 0 fully saturated rings. The van der Waals surface area contributed by atoms with Gasteiger partial charge >= 0.3 is 0 Å². The maximum atomic E-state index is 13.1. The number of unbranched alkanes of at least 4 members (excludes halogenated alkanes) is 1. The zero-order chi connectivity index (χ0) is 17.9. The highest BCUT2D eigenvalue weighted by Crippen LogP contribution is 2.46. The fourth-order valence-electron chi connectivity index (χ4n) is 3.69. The molecule has 1 unspecified atom stereocenters. The third-order valence-corrected chi connectivity index (χ3v) is 5.12. The van der Waals surface area contributed by atoms with Crippen molar-refractivity contribution in [2.45, 2.75) is 66.2 Å². The average molecular weight is 329 g/mol. The second kappa shape index (κ2) is 7.29. The van der Waals surface area contributed by atoms with Gasteiger partial charge in [-0.15, -0.1) is 0 Å². The van der Waals surface area contributed by atoms with Gasteiger partial charge < -0.3 is 10.1 Å². The highest BCUT2D eigenvalue weighted by Gasteiger charge is 2.45. The number of hydrogen-bond donors (Lipinski definition) is 1. The van der Waals surface area contributed by atoms with Gasteiger partial charge in [0.15, 0.2) is 5.78 Å². The highest BCUT2D eigenvalue weighted by atomic mass is 16.1. The number of fused-ring (bicyclic) bond motifs is 1. The molecule has 0 aromatic heterocycles. The Morgan fingerprint density at radius 1 is 1.21 bits per heavy atom. The summed E-state index contributed by atoms with van der Waals surface area (Å²) in [6, 6.07) is 3.64. The zero-order valence-electron chi connectivity index (χ0n) is 15.1. The van der Waals surface area contributed by atoms with Crippen LogP contribution in [0.4, 0.5) is 5.69 Å². The topological polar surface area (TPSA) is 63.2 Å². The predicted octanol–water partition coefficient (Wildman–Crippen LogP) is 4.24. The Hall–Kier alpha value is -1.97. The molecule has 0 spiro atoms. The van der Waals surface area contributed by atoms with Gasteiger partial charge in [-0.25, -0.2) is 0 Å². The predicted molar refractivity (Wildman–Crippen MR) is 95.4 cm³/mol. The lowest BCUT2D eigenvalue weighted by Gasteiger charge is -2.27. The summed E-state index contributed by atoms with van der Waals surface area (Å²) in [5.41, 5.74) is 3.08. The first-order valence-electron chi connectivity index (χ1n) is 8.75. The van der Waals surface area contributed by atoms with Crippen molar-refractivity contribution >= 4 is 23.2 Å². The number of amides is 1. The summed E-state index contributed by atoms with van der Waals surface area (Å²) in [7, 11) is 0. The zero-order valence-corrected chi connectivity index (χ0v) is 15.1. The third-order valence-electron chi connectivity index (χ3n) is 5.12. The van der Waals surface area contributed by atoms with E-state index in [1.54, 1.807) is 6.92 Å². The van der Waals surface area contributed by atoms with Crippen LogP contribution in [0.5, 0.6) is 0 Å². The van der Waals surface area contributed by atoms with Crippen LogP contribution in [0.1, 0.15) is 74.4 Å². The Bertz CT molecular complexity index is 678. The fourth-order valence-corrected chi connectivity index (χ4v) is 3.69. The number of Topliss-reactive ketones (excluding diaryl/α,β-unsaturated/α-hetero) is 2. The molecule has 0 radical (unpaired) electrons. The van der Waals surface area contributed by atoms with Gasteiger partial charge in [-0.1, -0.05) is 19.8 Å². The van der Waals surface area contributed by atoms with E-state index in [2.05, 4.69) is 12.2 Å². The molecule has 0 saturated heterocycles. The Morgan fingerprint density at radius 2 is 1.92 bits per heavy atom. The van der Waals surface area contributed by atoms with Crippen molar-refractivity contribution in [3.05, 3.63) is 28.8 Å². The summed E-state index contributed by atoms with van der Waals surface area (Å²) in [5, 5.41) is 2.83. The Kier molecular flexibility index (Phi) is 5.58. The first-order valence-corrected chi connectivity index (χ1v) is 8.75. The molecule has 4 heteroatoms. The molecule has 130 valence electrons. The summed E-state index contributed by atoms with van der Waals surface area (Å²) in [5.74, 6) is 0.186. The molecule has 1 aromatic carbocycles. The molecule has 1 aromatic rings. The maximum Gasteiger partial charge on any atom is 0.221 e. The van der Waals surface area contributed by atoms with E-state index in [-0.39, 0.29) is 17.5 Å². The first kappa shape index (κ1) is 18.4. The molecule has 0 saturated carbocycles. The van der Waals surface area contributed by atoms with Gasteiger partial charge in [0.2, 0.25) is 5.91 Å². The van der Waals surface area contributed by atoms with Crippen LogP contribution in [0.15, 0.2) is 12.1 Å². The Labute approximate surface area is 144 Å². The van der Waals surface area contributed by atoms with Crippen molar-refractivity contribution in [2.24, 2.45) is 5.41 Å². The lowest BCUT2D eigenvalue weighted by atomic mass is 9.75. The number of hydrogen-bond acceptors (Lipinski definition) is 3. The number of nitrogens with one attached hydrogen (secondary N) is 1. The quantitative estimate of drug-likeness (QED) is 0.814. The normalized spacial score (nSPS) is 19.2. The van der Waals surface area contributed by atoms with Crippen LogP contribution in [0, 0.1) is 12.3 Å². The Morgan fingerprint density at radius 3 is 2.50 bits per heavy atom. The second-order valence-electron chi connectivity index (χ2n) is 7.04. The summed E-state index contributed by atoms with van der Waals surface area (Å²) in [6.07, 6.45) is 4.56. The number of rotatable bonds is 7. The van der Waals surface area contributed by atoms with E-state index in [0.29, 0.717) is 19.3 Å². The van der Waals surface area contributed by atoms with Crippen LogP contribution in [0.25, 0.3) is 0 Å². The van der Waals surface area contributed by atoms with E-state index in [4.69, 9.17) is 0 Å². The molecule has 2 rings (SSSR count). The van der Waals surface area contributed by atoms with Crippen molar-refractivity contribution in [1.29, 1.82) is 0 Å². The molecule has 1 N–H and O–H groups in total. The van der Waals surface area contributed by atoms with Crippen molar-refractivity contribution in [2.75, 3.05) is 5.32 Å². The minimum Gasteiger partial charge on any atom is -0.326 e. The largest absolute Gasteiger partial charge is 0.326 e. The molecular weight excluding hydrogens is 302 g/mol. The lowest BCUT2D eigenvalue weighted by molar-refractivity contribution is -0.117. The standard InChI is InChI=1S/C20H27NO3/c1-5-6-10-20(11-9-13(2)22)12-17-14(3)18(21-15(4)23)8-7-16(17)19(20)24/h7-8H,5-6,9-12H2,1-4H3,(H,21,23). The molecule has 1 aliphatic rings. The number of anilines is 1. The first-order chi connectivity index (χ1) is 11.3. The van der Waals surface area contributed by atoms with Gasteiger partial charge in [0.05, 0.1) is 0 Å². The minimum atomic E-state index is -0.455. The summed E-state index contributed by atoms with van der Waals surface area (Å²) < 4.78 is 0. The molecule has 4 nitrogen and oxygen atoms in total. The van der Waals surface area contributed by atoms with Crippen LogP contribution >= 0.6 is 0 Å². The molecular formula is C20H27NO3. The van der Waals surface area contributed by atoms with E-state index in [9.17, 15) is 14.4 Å². The van der Waals surface area contributed by atoms with Crippen molar-refractivity contribution in [1.82, 2.24) is 0 Å². The molecule has 0 bridgehead atoms. The Balaban J connectivity index is 2.39. The molecule has 24 heavy (non-hydrogen) atoms. The molecule has 1 amide bonds. The maximum absolute atomic E-state index is 13.1. The second-order valence-corrected chi connectivity index (χ2v) is 7.04. The average Bonchev–Trinajstić information content (AvgIpc) is 2.80. The van der Waals surface area contributed by atoms with Gasteiger partial charge in [-0.05, 0) is 56.4 Å². The highest BCUT2D eigenvalue weighted by molar-refractivity contribution is 6.06. The van der Waals surface area contributed by atoms with Crippen LogP contribution in [0.3, 0.4) is 0 Å². The van der Waals surface area contributed by atoms with Crippen LogP contribution in [-0.4, -0.2) is 17.5 Å². The van der Waals surface area contributed by atoms with Crippen LogP contribution in [-0.2, 0) is 16.0 Å². The van der Waals surface area contributed by atoms with Crippen LogP contribution < -0.4 is 5.32 Å². The monoisotopic (exact) mass is 329 g/mol. The number of benzene rings is 1. The SMILES string of the molecule is CCCCC1(CCC(C)=O)Cc2c(ccc(NC(C)=O)c2C)C1=O. The third kappa shape index (κ3) is 3.58. The van der Waals surface area contributed by atoms with E-state index in [1.807, 2.05) is 19.1 Å². The van der Waals surface area contributed by atoms with E-state index in [1.165, 1.54) is 6.92 Å². The summed E-state index contributed by atoms with van der Waals surface area (Å²) in [6.45, 7) is 7.14. The smallest absolute Gasteiger partial charge is 0.221 e. The fraction of sp³-hybridized carbons (Fsp3) is 0.550. The summed E-state index contributed by atoms with van der Waals surface area (Å²) in [4.78, 5) is 36.0. The minimum absolute atomic E-state index is 0.115. The van der Waals surface area contributed by atoms with Gasteiger partial charge in [0.25, 0.3) is 0 Å². The van der Waals surface area contributed by atoms with Crippen molar-refractivity contribution < 1.29 is 14.4 Å². The van der Waals surface area contributed by atoms with Gasteiger partial charge in [-0.3, -0.25) is 9.59 Å².